The second-order valence-corrected chi connectivity index (χ2v) is 6.25. The van der Waals surface area contributed by atoms with E-state index in [2.05, 4.69) is 4.72 Å². The second kappa shape index (κ2) is 5.74. The number of hydrogen-bond acceptors (Lipinski definition) is 3. The molecule has 0 radical (unpaired) electrons. The van der Waals surface area contributed by atoms with Gasteiger partial charge in [0.2, 0.25) is 0 Å². The molecule has 0 aliphatic rings. The Kier molecular flexibility index (Phi) is 4.19. The van der Waals surface area contributed by atoms with Crippen molar-refractivity contribution in [2.24, 2.45) is 5.73 Å². The number of thiocarbonyl (C=S) groups is 1. The topological polar surface area (TPSA) is 72.2 Å². The molecule has 2 aromatic rings. The van der Waals surface area contributed by atoms with Crippen LogP contribution in [0.1, 0.15) is 5.56 Å². The van der Waals surface area contributed by atoms with Gasteiger partial charge >= 0.3 is 0 Å². The lowest BCUT2D eigenvalue weighted by molar-refractivity contribution is 0.509. The molecule has 21 heavy (non-hydrogen) atoms. The van der Waals surface area contributed by atoms with E-state index < -0.39 is 21.7 Å². The summed E-state index contributed by atoms with van der Waals surface area (Å²) in [6, 6.07) is 8.27. The Hall–Kier alpha value is -2.06. The van der Waals surface area contributed by atoms with Crippen LogP contribution >= 0.6 is 12.2 Å². The van der Waals surface area contributed by atoms with Crippen molar-refractivity contribution in [1.29, 1.82) is 0 Å². The van der Waals surface area contributed by atoms with Crippen LogP contribution < -0.4 is 10.5 Å². The highest BCUT2D eigenvalue weighted by Gasteiger charge is 2.15. The van der Waals surface area contributed by atoms with Gasteiger partial charge in [0.25, 0.3) is 10.0 Å². The maximum atomic E-state index is 13.1. The van der Waals surface area contributed by atoms with Crippen LogP contribution in [0.15, 0.2) is 47.4 Å². The highest BCUT2D eigenvalue weighted by atomic mass is 32.2. The third-order valence-corrected chi connectivity index (χ3v) is 4.25. The van der Waals surface area contributed by atoms with E-state index in [1.807, 2.05) is 0 Å². The van der Waals surface area contributed by atoms with Gasteiger partial charge in [-0.15, -0.1) is 0 Å². The number of nitrogens with one attached hydrogen (secondary N) is 1. The fourth-order valence-electron chi connectivity index (χ4n) is 1.57. The average Bonchev–Trinajstić information content (AvgIpc) is 2.43. The molecule has 0 unspecified atom stereocenters. The van der Waals surface area contributed by atoms with Gasteiger partial charge in [-0.2, -0.15) is 0 Å². The lowest BCUT2D eigenvalue weighted by Gasteiger charge is -2.09. The maximum Gasteiger partial charge on any atom is 0.261 e. The second-order valence-electron chi connectivity index (χ2n) is 4.12. The van der Waals surface area contributed by atoms with Gasteiger partial charge in [0.1, 0.15) is 4.99 Å². The van der Waals surface area contributed by atoms with Crippen LogP contribution in [0.25, 0.3) is 0 Å². The fourth-order valence-corrected chi connectivity index (χ4v) is 2.76. The summed E-state index contributed by atoms with van der Waals surface area (Å²) in [5, 5.41) is 0. The molecule has 0 bridgehead atoms. The van der Waals surface area contributed by atoms with Crippen molar-refractivity contribution in [2.75, 3.05) is 4.72 Å². The minimum absolute atomic E-state index is 0.0489. The predicted molar refractivity (Wildman–Crippen MR) is 79.5 cm³/mol. The van der Waals surface area contributed by atoms with Gasteiger partial charge < -0.3 is 5.73 Å². The molecular formula is C13H10F2N2O2S2. The Balaban J connectivity index is 2.29. The lowest BCUT2D eigenvalue weighted by Crippen LogP contribution is -2.14. The molecule has 0 fully saturated rings. The summed E-state index contributed by atoms with van der Waals surface area (Å²) in [5.41, 5.74) is 5.86. The Labute approximate surface area is 125 Å². The van der Waals surface area contributed by atoms with E-state index in [1.54, 1.807) is 0 Å². The van der Waals surface area contributed by atoms with Gasteiger partial charge in [-0.05, 0) is 24.3 Å². The number of rotatable bonds is 4. The Bertz CT molecular complexity index is 790. The van der Waals surface area contributed by atoms with Crippen LogP contribution in [-0.2, 0) is 10.0 Å². The first kappa shape index (κ1) is 15.3. The number of halogens is 2. The molecular weight excluding hydrogens is 318 g/mol. The van der Waals surface area contributed by atoms with E-state index in [-0.39, 0.29) is 15.6 Å². The summed E-state index contributed by atoms with van der Waals surface area (Å²) in [6.07, 6.45) is 0. The lowest BCUT2D eigenvalue weighted by atomic mass is 10.2. The minimum atomic E-state index is -3.91. The van der Waals surface area contributed by atoms with Crippen LogP contribution in [-0.4, -0.2) is 13.4 Å². The van der Waals surface area contributed by atoms with E-state index in [0.29, 0.717) is 5.56 Å². The van der Waals surface area contributed by atoms with Crippen LogP contribution in [0.2, 0.25) is 0 Å². The molecule has 0 aromatic heterocycles. The molecule has 4 nitrogen and oxygen atoms in total. The molecule has 0 saturated heterocycles. The van der Waals surface area contributed by atoms with Gasteiger partial charge in [0.05, 0.1) is 10.6 Å². The minimum Gasteiger partial charge on any atom is -0.389 e. The van der Waals surface area contributed by atoms with Crippen molar-refractivity contribution < 1.29 is 17.2 Å². The van der Waals surface area contributed by atoms with Gasteiger partial charge in [0.15, 0.2) is 11.6 Å². The monoisotopic (exact) mass is 328 g/mol. The number of anilines is 1. The Morgan fingerprint density at radius 3 is 2.19 bits per heavy atom. The van der Waals surface area contributed by atoms with Crippen molar-refractivity contribution in [3.8, 4) is 0 Å². The molecule has 0 spiro atoms. The first-order chi connectivity index (χ1) is 9.79. The average molecular weight is 328 g/mol. The third-order valence-electron chi connectivity index (χ3n) is 2.62. The normalized spacial score (nSPS) is 11.1. The van der Waals surface area contributed by atoms with E-state index in [9.17, 15) is 17.2 Å². The molecule has 3 N–H and O–H groups in total. The quantitative estimate of drug-likeness (QED) is 0.846. The molecule has 0 heterocycles. The van der Waals surface area contributed by atoms with Crippen molar-refractivity contribution in [2.45, 2.75) is 4.90 Å². The molecule has 0 atom stereocenters. The zero-order chi connectivity index (χ0) is 15.6. The Morgan fingerprint density at radius 1 is 1.05 bits per heavy atom. The van der Waals surface area contributed by atoms with E-state index >= 15 is 0 Å². The van der Waals surface area contributed by atoms with Crippen molar-refractivity contribution in [1.82, 2.24) is 0 Å². The van der Waals surface area contributed by atoms with E-state index in [0.717, 1.165) is 18.2 Å². The molecule has 0 aliphatic carbocycles. The molecule has 0 amide bonds. The zero-order valence-corrected chi connectivity index (χ0v) is 12.1. The molecule has 2 rings (SSSR count). The summed E-state index contributed by atoms with van der Waals surface area (Å²) in [4.78, 5) is 0.0970. The summed E-state index contributed by atoms with van der Waals surface area (Å²) < 4.78 is 52.2. The van der Waals surface area contributed by atoms with Gasteiger partial charge in [-0.25, -0.2) is 17.2 Å². The zero-order valence-electron chi connectivity index (χ0n) is 10.5. The third kappa shape index (κ3) is 3.53. The van der Waals surface area contributed by atoms with Gasteiger partial charge in [-0.3, -0.25) is 4.72 Å². The number of benzene rings is 2. The van der Waals surface area contributed by atoms with Gasteiger partial charge in [0, 0.05) is 11.6 Å². The first-order valence-electron chi connectivity index (χ1n) is 5.67. The molecule has 0 aliphatic heterocycles. The largest absolute Gasteiger partial charge is 0.389 e. The van der Waals surface area contributed by atoms with Crippen LogP contribution in [0.3, 0.4) is 0 Å². The highest BCUT2D eigenvalue weighted by molar-refractivity contribution is 7.92. The van der Waals surface area contributed by atoms with E-state index in [1.165, 1.54) is 24.3 Å². The molecule has 110 valence electrons. The molecule has 8 heteroatoms. The molecule has 0 saturated carbocycles. The summed E-state index contributed by atoms with van der Waals surface area (Å²) in [7, 11) is -3.91. The fraction of sp³-hybridized carbons (Fsp3) is 0. The van der Waals surface area contributed by atoms with Crippen LogP contribution in [0.5, 0.6) is 0 Å². The Morgan fingerprint density at radius 2 is 1.67 bits per heavy atom. The smallest absolute Gasteiger partial charge is 0.261 e. The predicted octanol–water partition coefficient (Wildman–Crippen LogP) is 2.40. The SMILES string of the molecule is NC(=S)c1ccc(S(=O)(=O)Nc2ccc(F)c(F)c2)cc1. The standard InChI is InChI=1S/C13H10F2N2O2S2/c14-11-6-3-9(7-12(11)15)17-21(18,19)10-4-1-8(2-5-10)13(16)20/h1-7,17H,(H2,16,20). The molecule has 2 aromatic carbocycles. The number of hydrogen-bond donors (Lipinski definition) is 2. The highest BCUT2D eigenvalue weighted by Crippen LogP contribution is 2.18. The number of nitrogens with two attached hydrogens (primary N) is 1. The van der Waals surface area contributed by atoms with Crippen molar-refractivity contribution >= 4 is 32.9 Å². The van der Waals surface area contributed by atoms with Crippen LogP contribution in [0, 0.1) is 11.6 Å². The van der Waals surface area contributed by atoms with Gasteiger partial charge in [-0.1, -0.05) is 24.4 Å². The van der Waals surface area contributed by atoms with E-state index in [4.69, 9.17) is 18.0 Å². The summed E-state index contributed by atoms with van der Waals surface area (Å²) >= 11 is 4.77. The van der Waals surface area contributed by atoms with Crippen molar-refractivity contribution in [3.05, 3.63) is 59.7 Å². The van der Waals surface area contributed by atoms with Crippen LogP contribution in [0.4, 0.5) is 14.5 Å². The summed E-state index contributed by atoms with van der Waals surface area (Å²) in [5.74, 6) is -2.20. The summed E-state index contributed by atoms with van der Waals surface area (Å²) in [6.45, 7) is 0. The maximum absolute atomic E-state index is 13.1. The van der Waals surface area contributed by atoms with Crippen molar-refractivity contribution in [3.63, 3.8) is 0 Å². The first-order valence-corrected chi connectivity index (χ1v) is 7.56. The number of sulfonamides is 1.